The zero-order valence-corrected chi connectivity index (χ0v) is 16.9. The van der Waals surface area contributed by atoms with Crippen molar-refractivity contribution in [3.05, 3.63) is 76.7 Å². The molecule has 3 heteroatoms. The summed E-state index contributed by atoms with van der Waals surface area (Å²) in [7, 11) is 0. The van der Waals surface area contributed by atoms with E-state index in [2.05, 4.69) is 39.5 Å². The first kappa shape index (κ1) is 20.8. The quantitative estimate of drug-likeness (QED) is 0.371. The van der Waals surface area contributed by atoms with Crippen molar-refractivity contribution < 1.29 is 9.15 Å². The molecule has 144 valence electrons. The van der Waals surface area contributed by atoms with Gasteiger partial charge in [-0.05, 0) is 71.6 Å². The maximum atomic E-state index is 12.2. The predicted molar refractivity (Wildman–Crippen MR) is 113 cm³/mol. The third kappa shape index (κ3) is 6.28. The lowest BCUT2D eigenvalue weighted by molar-refractivity contribution is 0.126. The second kappa shape index (κ2) is 9.40. The van der Waals surface area contributed by atoms with Gasteiger partial charge in [-0.15, -0.1) is 0 Å². The molecule has 2 rings (SSSR count). The van der Waals surface area contributed by atoms with E-state index in [-0.39, 0.29) is 5.75 Å². The maximum absolute atomic E-state index is 12.2. The van der Waals surface area contributed by atoms with E-state index in [0.29, 0.717) is 5.58 Å². The van der Waals surface area contributed by atoms with Crippen LogP contribution >= 0.6 is 0 Å². The monoisotopic (exact) mass is 366 g/mol. The van der Waals surface area contributed by atoms with Crippen molar-refractivity contribution in [3.63, 3.8) is 0 Å². The Labute approximate surface area is 162 Å². The predicted octanol–water partition coefficient (Wildman–Crippen LogP) is 6.59. The van der Waals surface area contributed by atoms with Gasteiger partial charge in [0.2, 0.25) is 5.75 Å². The summed E-state index contributed by atoms with van der Waals surface area (Å²) in [5.41, 5.74) is 2.18. The summed E-state index contributed by atoms with van der Waals surface area (Å²) in [5.74, 6) is 0.223. The zero-order valence-electron chi connectivity index (χ0n) is 16.9. The van der Waals surface area contributed by atoms with E-state index in [1.165, 1.54) is 11.1 Å². The highest BCUT2D eigenvalue weighted by Crippen LogP contribution is 2.25. The summed E-state index contributed by atoms with van der Waals surface area (Å²) in [6, 6.07) is 9.15. The number of benzene rings is 1. The van der Waals surface area contributed by atoms with Crippen molar-refractivity contribution in [1.82, 2.24) is 0 Å². The van der Waals surface area contributed by atoms with E-state index in [0.717, 1.165) is 31.1 Å². The molecule has 1 unspecified atom stereocenters. The first-order chi connectivity index (χ1) is 12.8. The summed E-state index contributed by atoms with van der Waals surface area (Å²) in [4.78, 5) is 12.2. The Hall–Kier alpha value is -2.55. The lowest BCUT2D eigenvalue weighted by atomic mass is 9.98. The lowest BCUT2D eigenvalue weighted by Crippen LogP contribution is -2.31. The van der Waals surface area contributed by atoms with Crippen molar-refractivity contribution in [1.29, 1.82) is 0 Å². The molecule has 27 heavy (non-hydrogen) atoms. The Morgan fingerprint density at radius 1 is 1.19 bits per heavy atom. The van der Waals surface area contributed by atoms with Gasteiger partial charge in [0, 0.05) is 5.39 Å². The fourth-order valence-electron chi connectivity index (χ4n) is 2.86. The average molecular weight is 367 g/mol. The molecule has 0 N–H and O–H groups in total. The molecule has 0 spiro atoms. The summed E-state index contributed by atoms with van der Waals surface area (Å²) in [6.07, 6.45) is 9.99. The molecular formula is C24H30O3. The number of ether oxygens (including phenoxy) is 1. The van der Waals surface area contributed by atoms with Gasteiger partial charge in [0.15, 0.2) is 0 Å². The molecule has 0 saturated carbocycles. The van der Waals surface area contributed by atoms with Crippen molar-refractivity contribution in [2.45, 2.75) is 59.0 Å². The van der Waals surface area contributed by atoms with E-state index < -0.39 is 11.2 Å². The van der Waals surface area contributed by atoms with Crippen molar-refractivity contribution in [2.75, 3.05) is 0 Å². The summed E-state index contributed by atoms with van der Waals surface area (Å²) in [6.45, 7) is 12.2. The molecule has 1 heterocycles. The number of fused-ring (bicyclic) bond motifs is 1. The second-order valence-corrected chi connectivity index (χ2v) is 7.46. The Morgan fingerprint density at radius 3 is 2.63 bits per heavy atom. The SMILES string of the molecule is C=CC(C)(CCC=C(C)CCC=C(C)C)Oc1cc2ccccc2oc1=O. The molecule has 0 amide bonds. The van der Waals surface area contributed by atoms with Gasteiger partial charge in [-0.3, -0.25) is 0 Å². The van der Waals surface area contributed by atoms with Crippen LogP contribution in [0.3, 0.4) is 0 Å². The lowest BCUT2D eigenvalue weighted by Gasteiger charge is -2.26. The number of hydrogen-bond acceptors (Lipinski definition) is 3. The molecule has 0 aliphatic carbocycles. The summed E-state index contributed by atoms with van der Waals surface area (Å²) >= 11 is 0. The fourth-order valence-corrected chi connectivity index (χ4v) is 2.86. The fraction of sp³-hybridized carbons (Fsp3) is 0.375. The molecule has 1 atom stereocenters. The summed E-state index contributed by atoms with van der Waals surface area (Å²) < 4.78 is 11.4. The average Bonchev–Trinajstić information content (AvgIpc) is 2.62. The Morgan fingerprint density at radius 2 is 1.93 bits per heavy atom. The maximum Gasteiger partial charge on any atom is 0.379 e. The molecule has 0 saturated heterocycles. The minimum absolute atomic E-state index is 0.223. The zero-order chi connectivity index (χ0) is 19.9. The van der Waals surface area contributed by atoms with Crippen LogP contribution in [0.1, 0.15) is 53.4 Å². The Bertz CT molecular complexity index is 897. The highest BCUT2D eigenvalue weighted by molar-refractivity contribution is 5.77. The number of hydrogen-bond donors (Lipinski definition) is 0. The molecule has 0 bridgehead atoms. The third-order valence-corrected chi connectivity index (χ3v) is 4.61. The first-order valence-electron chi connectivity index (χ1n) is 9.47. The topological polar surface area (TPSA) is 39.4 Å². The van der Waals surface area contributed by atoms with Crippen molar-refractivity contribution in [2.24, 2.45) is 0 Å². The molecule has 0 aliphatic heterocycles. The van der Waals surface area contributed by atoms with E-state index in [4.69, 9.17) is 9.15 Å². The van der Waals surface area contributed by atoms with Gasteiger partial charge < -0.3 is 9.15 Å². The van der Waals surface area contributed by atoms with E-state index in [1.807, 2.05) is 25.1 Å². The van der Waals surface area contributed by atoms with E-state index in [9.17, 15) is 4.79 Å². The van der Waals surface area contributed by atoms with Gasteiger partial charge in [-0.2, -0.15) is 0 Å². The highest BCUT2D eigenvalue weighted by atomic mass is 16.5. The second-order valence-electron chi connectivity index (χ2n) is 7.46. The van der Waals surface area contributed by atoms with Crippen LogP contribution in [-0.4, -0.2) is 5.60 Å². The smallest absolute Gasteiger partial charge is 0.379 e. The molecule has 0 radical (unpaired) electrons. The normalized spacial score (nSPS) is 13.9. The first-order valence-corrected chi connectivity index (χ1v) is 9.47. The van der Waals surface area contributed by atoms with Crippen LogP contribution in [0.4, 0.5) is 0 Å². The molecule has 3 nitrogen and oxygen atoms in total. The Balaban J connectivity index is 2.04. The summed E-state index contributed by atoms with van der Waals surface area (Å²) in [5, 5.41) is 0.841. The number of allylic oxidation sites excluding steroid dienone is 4. The minimum Gasteiger partial charge on any atom is -0.476 e. The third-order valence-electron chi connectivity index (χ3n) is 4.61. The largest absolute Gasteiger partial charge is 0.476 e. The van der Waals surface area contributed by atoms with Crippen LogP contribution in [0, 0.1) is 0 Å². The van der Waals surface area contributed by atoms with Gasteiger partial charge in [-0.25, -0.2) is 4.79 Å². The van der Waals surface area contributed by atoms with Crippen LogP contribution < -0.4 is 10.4 Å². The highest BCUT2D eigenvalue weighted by Gasteiger charge is 2.23. The molecule has 1 aromatic heterocycles. The van der Waals surface area contributed by atoms with Crippen molar-refractivity contribution >= 4 is 11.0 Å². The standard InChI is InChI=1S/C24H30O3/c1-6-24(5,16-10-13-19(4)12-9-11-18(2)3)27-22-17-20-14-7-8-15-21(20)26-23(22)25/h6-8,11,13-15,17H,1,9-10,12,16H2,2-5H3. The van der Waals surface area contributed by atoms with Crippen LogP contribution in [0.25, 0.3) is 11.0 Å². The molecule has 0 fully saturated rings. The number of para-hydroxylation sites is 1. The van der Waals surface area contributed by atoms with Crippen LogP contribution in [0.15, 0.2) is 75.5 Å². The number of rotatable bonds is 9. The van der Waals surface area contributed by atoms with Gasteiger partial charge in [0.25, 0.3) is 0 Å². The van der Waals surface area contributed by atoms with E-state index in [1.54, 1.807) is 18.2 Å². The van der Waals surface area contributed by atoms with Gasteiger partial charge >= 0.3 is 5.63 Å². The van der Waals surface area contributed by atoms with E-state index >= 15 is 0 Å². The van der Waals surface area contributed by atoms with Crippen LogP contribution in [-0.2, 0) is 0 Å². The molecule has 1 aromatic carbocycles. The molecule has 0 aliphatic rings. The van der Waals surface area contributed by atoms with Gasteiger partial charge in [0.05, 0.1) is 0 Å². The molecule has 2 aromatic rings. The van der Waals surface area contributed by atoms with Crippen LogP contribution in [0.5, 0.6) is 5.75 Å². The molecular weight excluding hydrogens is 336 g/mol. The van der Waals surface area contributed by atoms with Crippen molar-refractivity contribution in [3.8, 4) is 5.75 Å². The van der Waals surface area contributed by atoms with Crippen LogP contribution in [0.2, 0.25) is 0 Å². The van der Waals surface area contributed by atoms with Gasteiger partial charge in [0.1, 0.15) is 11.2 Å². The van der Waals surface area contributed by atoms with Gasteiger partial charge in [-0.1, -0.05) is 48.1 Å². The Kier molecular flexibility index (Phi) is 7.23. The minimum atomic E-state index is -0.631.